The fourth-order valence-electron chi connectivity index (χ4n) is 2.39. The number of rotatable bonds is 3. The summed E-state index contributed by atoms with van der Waals surface area (Å²) in [5.41, 5.74) is 6.08. The van der Waals surface area contributed by atoms with Crippen molar-refractivity contribution in [1.29, 1.82) is 0 Å². The van der Waals surface area contributed by atoms with Crippen LogP contribution in [0.1, 0.15) is 18.1 Å². The smallest absolute Gasteiger partial charge is 0.221 e. The van der Waals surface area contributed by atoms with E-state index in [1.807, 2.05) is 42.8 Å². The summed E-state index contributed by atoms with van der Waals surface area (Å²) in [5.74, 6) is -0.0781. The standard InChI is InChI=1S/C18H17N3OS/c1-11-4-5-14(20-13(3)22)8-15(11)18-21-17(10-23-18)16-9-19-7-6-12(16)2/h4-10H,1-3H3,(H,20,22). The van der Waals surface area contributed by atoms with Crippen LogP contribution in [0, 0.1) is 13.8 Å². The minimum absolute atomic E-state index is 0.0781. The molecule has 0 aliphatic carbocycles. The van der Waals surface area contributed by atoms with Gasteiger partial charge >= 0.3 is 0 Å². The van der Waals surface area contributed by atoms with Gasteiger partial charge in [0, 0.05) is 41.5 Å². The lowest BCUT2D eigenvalue weighted by atomic mass is 10.1. The molecule has 0 radical (unpaired) electrons. The SMILES string of the molecule is CC(=O)Nc1ccc(C)c(-c2nc(-c3cnccc3C)cs2)c1. The average molecular weight is 323 g/mol. The van der Waals surface area contributed by atoms with Gasteiger partial charge in [-0.25, -0.2) is 4.98 Å². The number of carbonyl (C=O) groups excluding carboxylic acids is 1. The molecule has 0 saturated heterocycles. The van der Waals surface area contributed by atoms with Gasteiger partial charge in [-0.15, -0.1) is 11.3 Å². The first-order valence-corrected chi connectivity index (χ1v) is 8.17. The molecule has 0 bridgehead atoms. The van der Waals surface area contributed by atoms with Gasteiger partial charge in [0.25, 0.3) is 0 Å². The lowest BCUT2D eigenvalue weighted by Gasteiger charge is -2.07. The molecule has 0 atom stereocenters. The summed E-state index contributed by atoms with van der Waals surface area (Å²) in [6.45, 7) is 5.61. The largest absolute Gasteiger partial charge is 0.326 e. The van der Waals surface area contributed by atoms with Crippen molar-refractivity contribution in [1.82, 2.24) is 9.97 Å². The zero-order chi connectivity index (χ0) is 16.4. The van der Waals surface area contributed by atoms with Crippen molar-refractivity contribution in [2.75, 3.05) is 5.32 Å². The topological polar surface area (TPSA) is 54.9 Å². The Morgan fingerprint density at radius 3 is 2.65 bits per heavy atom. The molecule has 0 fully saturated rings. The monoisotopic (exact) mass is 323 g/mol. The molecule has 1 amide bonds. The Kier molecular flexibility index (Phi) is 4.21. The highest BCUT2D eigenvalue weighted by Gasteiger charge is 2.11. The molecule has 2 aromatic heterocycles. The van der Waals surface area contributed by atoms with Crippen LogP contribution in [0.5, 0.6) is 0 Å². The quantitative estimate of drug-likeness (QED) is 0.775. The molecule has 5 heteroatoms. The van der Waals surface area contributed by atoms with Gasteiger partial charge in [0.2, 0.25) is 5.91 Å². The first-order chi connectivity index (χ1) is 11.0. The Morgan fingerprint density at radius 2 is 1.91 bits per heavy atom. The summed E-state index contributed by atoms with van der Waals surface area (Å²) in [4.78, 5) is 20.2. The molecule has 23 heavy (non-hydrogen) atoms. The van der Waals surface area contributed by atoms with Crippen LogP contribution >= 0.6 is 11.3 Å². The van der Waals surface area contributed by atoms with Crippen molar-refractivity contribution in [2.45, 2.75) is 20.8 Å². The molecule has 0 unspecified atom stereocenters. The minimum atomic E-state index is -0.0781. The van der Waals surface area contributed by atoms with Gasteiger partial charge in [-0.2, -0.15) is 0 Å². The Balaban J connectivity index is 2.00. The van der Waals surface area contributed by atoms with Gasteiger partial charge in [0.05, 0.1) is 5.69 Å². The molecule has 2 heterocycles. The number of anilines is 1. The molecular weight excluding hydrogens is 306 g/mol. The highest BCUT2D eigenvalue weighted by Crippen LogP contribution is 2.33. The first kappa shape index (κ1) is 15.4. The number of aromatic nitrogens is 2. The van der Waals surface area contributed by atoms with Crippen molar-refractivity contribution in [2.24, 2.45) is 0 Å². The van der Waals surface area contributed by atoms with E-state index in [0.29, 0.717) is 0 Å². The number of thiazole rings is 1. The third-order valence-electron chi connectivity index (χ3n) is 3.61. The van der Waals surface area contributed by atoms with Gasteiger partial charge < -0.3 is 5.32 Å². The fraction of sp³-hybridized carbons (Fsp3) is 0.167. The second-order valence-electron chi connectivity index (χ2n) is 5.44. The number of amides is 1. The number of hydrogen-bond acceptors (Lipinski definition) is 4. The number of hydrogen-bond donors (Lipinski definition) is 1. The van der Waals surface area contributed by atoms with Crippen molar-refractivity contribution < 1.29 is 4.79 Å². The number of nitrogens with one attached hydrogen (secondary N) is 1. The number of carbonyl (C=O) groups is 1. The molecule has 116 valence electrons. The number of nitrogens with zero attached hydrogens (tertiary/aromatic N) is 2. The van der Waals surface area contributed by atoms with Gasteiger partial charge in [-0.05, 0) is 43.2 Å². The van der Waals surface area contributed by atoms with E-state index in [4.69, 9.17) is 4.98 Å². The summed E-state index contributed by atoms with van der Waals surface area (Å²) in [6, 6.07) is 7.85. The van der Waals surface area contributed by atoms with Crippen LogP contribution in [0.3, 0.4) is 0 Å². The second kappa shape index (κ2) is 6.30. The number of pyridine rings is 1. The maximum absolute atomic E-state index is 11.2. The molecule has 4 nitrogen and oxygen atoms in total. The normalized spacial score (nSPS) is 10.6. The molecule has 0 spiro atoms. The molecule has 3 aromatic rings. The van der Waals surface area contributed by atoms with Crippen molar-refractivity contribution in [3.05, 3.63) is 53.2 Å². The maximum Gasteiger partial charge on any atom is 0.221 e. The van der Waals surface area contributed by atoms with Crippen LogP contribution in [0.15, 0.2) is 42.0 Å². The van der Waals surface area contributed by atoms with E-state index in [-0.39, 0.29) is 5.91 Å². The van der Waals surface area contributed by atoms with Gasteiger partial charge in [0.15, 0.2) is 0 Å². The van der Waals surface area contributed by atoms with Gasteiger partial charge in [0.1, 0.15) is 5.01 Å². The van der Waals surface area contributed by atoms with Crippen LogP contribution in [0.2, 0.25) is 0 Å². The van der Waals surface area contributed by atoms with Crippen molar-refractivity contribution >= 4 is 22.9 Å². The third-order valence-corrected chi connectivity index (χ3v) is 4.48. The first-order valence-electron chi connectivity index (χ1n) is 7.29. The van der Waals surface area contributed by atoms with Crippen LogP contribution < -0.4 is 5.32 Å². The Labute approximate surface area is 139 Å². The highest BCUT2D eigenvalue weighted by atomic mass is 32.1. The van der Waals surface area contributed by atoms with Crippen LogP contribution in [-0.2, 0) is 4.79 Å². The Morgan fingerprint density at radius 1 is 1.13 bits per heavy atom. The Bertz CT molecular complexity index is 870. The van der Waals surface area contributed by atoms with E-state index in [2.05, 4.69) is 17.2 Å². The lowest BCUT2D eigenvalue weighted by molar-refractivity contribution is -0.114. The number of benzene rings is 1. The number of aryl methyl sites for hydroxylation is 2. The summed E-state index contributed by atoms with van der Waals surface area (Å²) in [6.07, 6.45) is 3.63. The summed E-state index contributed by atoms with van der Waals surface area (Å²) < 4.78 is 0. The van der Waals surface area contributed by atoms with Crippen LogP contribution in [0.25, 0.3) is 21.8 Å². The van der Waals surface area contributed by atoms with Gasteiger partial charge in [-0.3, -0.25) is 9.78 Å². The van der Waals surface area contributed by atoms with E-state index in [1.165, 1.54) is 6.92 Å². The summed E-state index contributed by atoms with van der Waals surface area (Å²) >= 11 is 1.60. The van der Waals surface area contributed by atoms with E-state index >= 15 is 0 Å². The maximum atomic E-state index is 11.2. The van der Waals surface area contributed by atoms with Crippen molar-refractivity contribution in [3.63, 3.8) is 0 Å². The van der Waals surface area contributed by atoms with E-state index in [1.54, 1.807) is 17.5 Å². The molecule has 3 rings (SSSR count). The molecule has 1 N–H and O–H groups in total. The molecular formula is C18H17N3OS. The van der Waals surface area contributed by atoms with Crippen LogP contribution in [0.4, 0.5) is 5.69 Å². The predicted octanol–water partition coefficient (Wildman–Crippen LogP) is 4.45. The van der Waals surface area contributed by atoms with E-state index in [9.17, 15) is 4.79 Å². The second-order valence-corrected chi connectivity index (χ2v) is 6.30. The van der Waals surface area contributed by atoms with Crippen LogP contribution in [-0.4, -0.2) is 15.9 Å². The average Bonchev–Trinajstić information content (AvgIpc) is 2.98. The molecule has 1 aromatic carbocycles. The molecule has 0 aliphatic rings. The van der Waals surface area contributed by atoms with Gasteiger partial charge in [-0.1, -0.05) is 6.07 Å². The van der Waals surface area contributed by atoms with E-state index < -0.39 is 0 Å². The highest BCUT2D eigenvalue weighted by molar-refractivity contribution is 7.13. The zero-order valence-corrected chi connectivity index (χ0v) is 14.1. The van der Waals surface area contributed by atoms with E-state index in [0.717, 1.165) is 38.6 Å². The zero-order valence-electron chi connectivity index (χ0n) is 13.3. The molecule has 0 saturated carbocycles. The summed E-state index contributed by atoms with van der Waals surface area (Å²) in [5, 5.41) is 5.80. The lowest BCUT2D eigenvalue weighted by Crippen LogP contribution is -2.05. The fourth-order valence-corrected chi connectivity index (χ4v) is 3.29. The Hall–Kier alpha value is -2.53. The van der Waals surface area contributed by atoms with Crippen molar-refractivity contribution in [3.8, 4) is 21.8 Å². The third kappa shape index (κ3) is 3.29. The predicted molar refractivity (Wildman–Crippen MR) is 94.6 cm³/mol. The minimum Gasteiger partial charge on any atom is -0.326 e. The summed E-state index contributed by atoms with van der Waals surface area (Å²) in [7, 11) is 0. The molecule has 0 aliphatic heterocycles.